The molecule has 0 unspecified atom stereocenters. The fourth-order valence-corrected chi connectivity index (χ4v) is 1.36. The number of benzene rings is 1. The molecule has 1 aromatic rings. The SMILES string of the molecule is Cl.NC1(COc2c(F)cccc2Cl)CC1. The molecular weight excluding hydrogens is 240 g/mol. The van der Waals surface area contributed by atoms with Gasteiger partial charge in [0.15, 0.2) is 11.6 Å². The van der Waals surface area contributed by atoms with Gasteiger partial charge >= 0.3 is 0 Å². The summed E-state index contributed by atoms with van der Waals surface area (Å²) in [6.07, 6.45) is 1.86. The van der Waals surface area contributed by atoms with E-state index in [1.54, 1.807) is 12.1 Å². The zero-order valence-corrected chi connectivity index (χ0v) is 9.58. The molecule has 0 spiro atoms. The summed E-state index contributed by atoms with van der Waals surface area (Å²) in [5, 5.41) is 0.286. The third kappa shape index (κ3) is 2.97. The van der Waals surface area contributed by atoms with Crippen molar-refractivity contribution in [2.45, 2.75) is 18.4 Å². The quantitative estimate of drug-likeness (QED) is 0.897. The van der Waals surface area contributed by atoms with Crippen molar-refractivity contribution in [2.24, 2.45) is 5.73 Å². The van der Waals surface area contributed by atoms with Gasteiger partial charge in [0.1, 0.15) is 6.61 Å². The van der Waals surface area contributed by atoms with Gasteiger partial charge in [-0.3, -0.25) is 0 Å². The number of halogens is 3. The molecule has 0 amide bonds. The maximum absolute atomic E-state index is 13.2. The van der Waals surface area contributed by atoms with Gasteiger partial charge in [-0.15, -0.1) is 12.4 Å². The van der Waals surface area contributed by atoms with E-state index in [1.807, 2.05) is 0 Å². The summed E-state index contributed by atoms with van der Waals surface area (Å²) < 4.78 is 18.5. The van der Waals surface area contributed by atoms with Crippen LogP contribution in [-0.2, 0) is 0 Å². The van der Waals surface area contributed by atoms with Crippen molar-refractivity contribution in [3.05, 3.63) is 29.0 Å². The Bertz CT molecular complexity index is 335. The van der Waals surface area contributed by atoms with Crippen molar-refractivity contribution in [3.63, 3.8) is 0 Å². The average molecular weight is 252 g/mol. The minimum absolute atomic E-state index is 0. The van der Waals surface area contributed by atoms with Gasteiger partial charge in [0.25, 0.3) is 0 Å². The maximum atomic E-state index is 13.2. The Morgan fingerprint density at radius 3 is 2.67 bits per heavy atom. The molecule has 2 rings (SSSR count). The number of para-hydroxylation sites is 1. The Kier molecular flexibility index (Phi) is 3.82. The Morgan fingerprint density at radius 1 is 1.47 bits per heavy atom. The van der Waals surface area contributed by atoms with E-state index >= 15 is 0 Å². The zero-order valence-electron chi connectivity index (χ0n) is 8.00. The summed E-state index contributed by atoms with van der Waals surface area (Å²) in [4.78, 5) is 0. The highest BCUT2D eigenvalue weighted by atomic mass is 35.5. The van der Waals surface area contributed by atoms with Crippen LogP contribution in [0.5, 0.6) is 5.75 Å². The van der Waals surface area contributed by atoms with Crippen LogP contribution in [0.25, 0.3) is 0 Å². The van der Waals surface area contributed by atoms with Crippen molar-refractivity contribution in [1.29, 1.82) is 0 Å². The summed E-state index contributed by atoms with van der Waals surface area (Å²) in [6.45, 7) is 0.327. The molecule has 0 aromatic heterocycles. The van der Waals surface area contributed by atoms with E-state index in [-0.39, 0.29) is 28.7 Å². The predicted molar refractivity (Wildman–Crippen MR) is 60.3 cm³/mol. The fraction of sp³-hybridized carbons (Fsp3) is 0.400. The van der Waals surface area contributed by atoms with Crippen LogP contribution in [0, 0.1) is 5.82 Å². The minimum atomic E-state index is -0.443. The Hall–Kier alpha value is -0.510. The van der Waals surface area contributed by atoms with Crippen LogP contribution in [-0.4, -0.2) is 12.1 Å². The standard InChI is InChI=1S/C10H11ClFNO.ClH/c11-7-2-1-3-8(12)9(7)14-6-10(13)4-5-10;/h1-3H,4-6,13H2;1H. The number of rotatable bonds is 3. The zero-order chi connectivity index (χ0) is 10.2. The van der Waals surface area contributed by atoms with Crippen LogP contribution in [0.4, 0.5) is 4.39 Å². The van der Waals surface area contributed by atoms with E-state index in [9.17, 15) is 4.39 Å². The second kappa shape index (κ2) is 4.56. The molecule has 1 saturated carbocycles. The number of hydrogen-bond acceptors (Lipinski definition) is 2. The van der Waals surface area contributed by atoms with Gasteiger partial charge < -0.3 is 10.5 Å². The first-order chi connectivity index (χ1) is 6.61. The highest BCUT2D eigenvalue weighted by Gasteiger charge is 2.39. The largest absolute Gasteiger partial charge is 0.487 e. The summed E-state index contributed by atoms with van der Waals surface area (Å²) in [7, 11) is 0. The minimum Gasteiger partial charge on any atom is -0.487 e. The molecule has 2 nitrogen and oxygen atoms in total. The summed E-state index contributed by atoms with van der Waals surface area (Å²) in [5.74, 6) is -0.340. The molecule has 0 atom stereocenters. The first-order valence-corrected chi connectivity index (χ1v) is 4.84. The van der Waals surface area contributed by atoms with Gasteiger partial charge in [-0.05, 0) is 25.0 Å². The van der Waals surface area contributed by atoms with Crippen molar-refractivity contribution in [2.75, 3.05) is 6.61 Å². The van der Waals surface area contributed by atoms with Gasteiger partial charge in [0, 0.05) is 0 Å². The monoisotopic (exact) mass is 251 g/mol. The van der Waals surface area contributed by atoms with Crippen molar-refractivity contribution < 1.29 is 9.13 Å². The molecular formula is C10H12Cl2FNO. The van der Waals surface area contributed by atoms with Gasteiger partial charge in [-0.2, -0.15) is 0 Å². The molecule has 0 aliphatic heterocycles. The molecule has 1 aromatic carbocycles. The lowest BCUT2D eigenvalue weighted by atomic mass is 10.3. The molecule has 5 heteroatoms. The highest BCUT2D eigenvalue weighted by molar-refractivity contribution is 6.32. The lowest BCUT2D eigenvalue weighted by Crippen LogP contribution is -2.30. The fourth-order valence-electron chi connectivity index (χ4n) is 1.14. The number of nitrogens with two attached hydrogens (primary N) is 1. The summed E-state index contributed by atoms with van der Waals surface area (Å²) in [5.41, 5.74) is 5.55. The van der Waals surface area contributed by atoms with E-state index in [0.29, 0.717) is 6.61 Å². The van der Waals surface area contributed by atoms with Gasteiger partial charge in [-0.1, -0.05) is 17.7 Å². The Labute approximate surface area is 99.0 Å². The molecule has 0 saturated heterocycles. The van der Waals surface area contributed by atoms with Crippen molar-refractivity contribution in [1.82, 2.24) is 0 Å². The molecule has 84 valence electrons. The number of hydrogen-bond donors (Lipinski definition) is 1. The first kappa shape index (κ1) is 12.6. The second-order valence-electron chi connectivity index (χ2n) is 3.70. The number of ether oxygens (including phenoxy) is 1. The van der Waals surface area contributed by atoms with E-state index in [2.05, 4.69) is 0 Å². The van der Waals surface area contributed by atoms with E-state index in [0.717, 1.165) is 12.8 Å². The van der Waals surface area contributed by atoms with Crippen LogP contribution in [0.3, 0.4) is 0 Å². The molecule has 1 aliphatic rings. The Balaban J connectivity index is 0.00000112. The summed E-state index contributed by atoms with van der Waals surface area (Å²) in [6, 6.07) is 4.45. The van der Waals surface area contributed by atoms with E-state index in [1.165, 1.54) is 6.07 Å². The van der Waals surface area contributed by atoms with Crippen molar-refractivity contribution >= 4 is 24.0 Å². The molecule has 1 aliphatic carbocycles. The van der Waals surface area contributed by atoms with Crippen LogP contribution in [0.1, 0.15) is 12.8 Å². The second-order valence-corrected chi connectivity index (χ2v) is 4.11. The first-order valence-electron chi connectivity index (χ1n) is 4.46. The summed E-state index contributed by atoms with van der Waals surface area (Å²) >= 11 is 5.77. The van der Waals surface area contributed by atoms with Gasteiger partial charge in [0.05, 0.1) is 10.6 Å². The molecule has 0 radical (unpaired) electrons. The van der Waals surface area contributed by atoms with Crippen LogP contribution < -0.4 is 10.5 Å². The molecule has 2 N–H and O–H groups in total. The molecule has 15 heavy (non-hydrogen) atoms. The van der Waals surface area contributed by atoms with E-state index < -0.39 is 5.82 Å². The van der Waals surface area contributed by atoms with E-state index in [4.69, 9.17) is 22.1 Å². The topological polar surface area (TPSA) is 35.2 Å². The lowest BCUT2D eigenvalue weighted by Gasteiger charge is -2.12. The van der Waals surface area contributed by atoms with Crippen LogP contribution >= 0.6 is 24.0 Å². The normalized spacial score (nSPS) is 16.7. The predicted octanol–water partition coefficient (Wildman–Crippen LogP) is 2.77. The highest BCUT2D eigenvalue weighted by Crippen LogP contribution is 2.34. The molecule has 0 bridgehead atoms. The van der Waals surface area contributed by atoms with Crippen LogP contribution in [0.2, 0.25) is 5.02 Å². The van der Waals surface area contributed by atoms with Gasteiger partial charge in [0.2, 0.25) is 0 Å². The smallest absolute Gasteiger partial charge is 0.173 e. The van der Waals surface area contributed by atoms with Crippen molar-refractivity contribution in [3.8, 4) is 5.75 Å². The third-order valence-corrected chi connectivity index (χ3v) is 2.61. The Morgan fingerprint density at radius 2 is 2.13 bits per heavy atom. The third-order valence-electron chi connectivity index (χ3n) is 2.32. The lowest BCUT2D eigenvalue weighted by molar-refractivity contribution is 0.267. The van der Waals surface area contributed by atoms with Gasteiger partial charge in [-0.25, -0.2) is 4.39 Å². The van der Waals surface area contributed by atoms with Crippen LogP contribution in [0.15, 0.2) is 18.2 Å². The average Bonchev–Trinajstić information content (AvgIpc) is 2.83. The molecule has 0 heterocycles. The molecule has 1 fully saturated rings. The maximum Gasteiger partial charge on any atom is 0.173 e.